The van der Waals surface area contributed by atoms with Crippen molar-refractivity contribution < 1.29 is 9.90 Å². The van der Waals surface area contributed by atoms with Gasteiger partial charge in [-0.2, -0.15) is 0 Å². The molecular weight excluding hydrogens is 228 g/mol. The molecule has 16 heavy (non-hydrogen) atoms. The summed E-state index contributed by atoms with van der Waals surface area (Å²) in [6, 6.07) is 4.56. The van der Waals surface area contributed by atoms with Crippen LogP contribution in [0.4, 0.5) is 5.69 Å². The lowest BCUT2D eigenvalue weighted by molar-refractivity contribution is -0.120. The first-order valence-electron chi connectivity index (χ1n) is 5.07. The minimum atomic E-state index is -0.385. The van der Waals surface area contributed by atoms with E-state index in [-0.39, 0.29) is 22.1 Å². The van der Waals surface area contributed by atoms with E-state index in [9.17, 15) is 9.90 Å². The largest absolute Gasteiger partial charge is 0.506 e. The Hall–Kier alpha value is -1.26. The van der Waals surface area contributed by atoms with Gasteiger partial charge in [-0.1, -0.05) is 11.6 Å². The molecule has 1 aliphatic carbocycles. The van der Waals surface area contributed by atoms with E-state index in [0.717, 1.165) is 12.8 Å². The van der Waals surface area contributed by atoms with Crippen molar-refractivity contribution in [2.24, 2.45) is 11.1 Å². The van der Waals surface area contributed by atoms with Crippen LogP contribution in [0, 0.1) is 5.41 Å². The minimum absolute atomic E-state index is 0.000347. The fraction of sp³-hybridized carbons (Fsp3) is 0.364. The van der Waals surface area contributed by atoms with E-state index in [1.165, 1.54) is 12.1 Å². The number of carbonyl (C=O) groups is 1. The van der Waals surface area contributed by atoms with Crippen molar-refractivity contribution >= 4 is 23.2 Å². The van der Waals surface area contributed by atoms with Gasteiger partial charge in [-0.3, -0.25) is 4.79 Å². The molecule has 1 saturated carbocycles. The standard InChI is InChI=1S/C11H13ClN2O2/c12-8-5-7(1-2-9(8)15)14-10(16)11(6-13)3-4-11/h1-2,5,15H,3-4,6,13H2,(H,14,16). The Morgan fingerprint density at radius 1 is 1.56 bits per heavy atom. The molecule has 0 aromatic heterocycles. The van der Waals surface area contributed by atoms with Crippen molar-refractivity contribution in [3.63, 3.8) is 0 Å². The molecule has 1 aromatic rings. The molecule has 1 fully saturated rings. The summed E-state index contributed by atoms with van der Waals surface area (Å²) in [5.41, 5.74) is 5.74. The van der Waals surface area contributed by atoms with E-state index in [1.54, 1.807) is 6.07 Å². The predicted octanol–water partition coefficient (Wildman–Crippen LogP) is 1.72. The summed E-state index contributed by atoms with van der Waals surface area (Å²) in [5, 5.41) is 12.2. The maximum absolute atomic E-state index is 11.8. The molecule has 0 radical (unpaired) electrons. The second-order valence-electron chi connectivity index (χ2n) is 4.10. The summed E-state index contributed by atoms with van der Waals surface area (Å²) in [6.07, 6.45) is 1.67. The van der Waals surface area contributed by atoms with Crippen LogP contribution >= 0.6 is 11.6 Å². The van der Waals surface area contributed by atoms with Crippen molar-refractivity contribution in [1.82, 2.24) is 0 Å². The van der Waals surface area contributed by atoms with Gasteiger partial charge in [0.05, 0.1) is 10.4 Å². The van der Waals surface area contributed by atoms with Gasteiger partial charge in [-0.25, -0.2) is 0 Å². The number of benzene rings is 1. The van der Waals surface area contributed by atoms with E-state index in [1.807, 2.05) is 0 Å². The normalized spacial score (nSPS) is 16.9. The number of aromatic hydroxyl groups is 1. The molecule has 0 saturated heterocycles. The predicted molar refractivity (Wildman–Crippen MR) is 62.5 cm³/mol. The molecule has 0 heterocycles. The topological polar surface area (TPSA) is 75.4 Å². The van der Waals surface area contributed by atoms with Crippen molar-refractivity contribution in [1.29, 1.82) is 0 Å². The van der Waals surface area contributed by atoms with Crippen LogP contribution in [0.15, 0.2) is 18.2 Å². The monoisotopic (exact) mass is 240 g/mol. The van der Waals surface area contributed by atoms with Gasteiger partial charge in [0.25, 0.3) is 0 Å². The van der Waals surface area contributed by atoms with E-state index < -0.39 is 0 Å². The van der Waals surface area contributed by atoms with Crippen LogP contribution < -0.4 is 11.1 Å². The molecule has 1 amide bonds. The Balaban J connectivity index is 2.09. The highest BCUT2D eigenvalue weighted by atomic mass is 35.5. The maximum Gasteiger partial charge on any atom is 0.231 e. The first-order valence-corrected chi connectivity index (χ1v) is 5.45. The Bertz CT molecular complexity index is 430. The van der Waals surface area contributed by atoms with Crippen molar-refractivity contribution in [2.45, 2.75) is 12.8 Å². The number of carbonyl (C=O) groups excluding carboxylic acids is 1. The molecule has 4 nitrogen and oxygen atoms in total. The van der Waals surface area contributed by atoms with E-state index in [0.29, 0.717) is 12.2 Å². The highest BCUT2D eigenvalue weighted by Crippen LogP contribution is 2.45. The lowest BCUT2D eigenvalue weighted by Gasteiger charge is -2.13. The summed E-state index contributed by atoms with van der Waals surface area (Å²) >= 11 is 5.74. The summed E-state index contributed by atoms with van der Waals surface area (Å²) in [5.74, 6) is -0.0728. The molecule has 5 heteroatoms. The molecule has 0 spiro atoms. The number of phenols is 1. The van der Waals surface area contributed by atoms with Gasteiger partial charge < -0.3 is 16.2 Å². The molecule has 0 unspecified atom stereocenters. The van der Waals surface area contributed by atoms with Crippen LogP contribution in [-0.2, 0) is 4.79 Å². The Kier molecular flexibility index (Phi) is 2.78. The van der Waals surface area contributed by atoms with E-state index in [2.05, 4.69) is 5.32 Å². The fourth-order valence-corrected chi connectivity index (χ4v) is 1.70. The third-order valence-corrected chi connectivity index (χ3v) is 3.23. The average Bonchev–Trinajstić information content (AvgIpc) is 3.04. The molecule has 4 N–H and O–H groups in total. The number of hydrogen-bond acceptors (Lipinski definition) is 3. The first-order chi connectivity index (χ1) is 7.57. The molecule has 0 bridgehead atoms. The van der Waals surface area contributed by atoms with Gasteiger partial charge in [0.2, 0.25) is 5.91 Å². The lowest BCUT2D eigenvalue weighted by atomic mass is 10.1. The number of nitrogens with one attached hydrogen (secondary N) is 1. The Morgan fingerprint density at radius 2 is 2.25 bits per heavy atom. The third-order valence-electron chi connectivity index (χ3n) is 2.93. The molecule has 0 aliphatic heterocycles. The van der Waals surface area contributed by atoms with Gasteiger partial charge in [-0.05, 0) is 31.0 Å². The molecule has 2 rings (SSSR count). The van der Waals surface area contributed by atoms with Gasteiger partial charge in [0, 0.05) is 12.2 Å². The molecular formula is C11H13ClN2O2. The van der Waals surface area contributed by atoms with Crippen LogP contribution in [0.2, 0.25) is 5.02 Å². The molecule has 86 valence electrons. The zero-order valence-electron chi connectivity index (χ0n) is 8.66. The number of anilines is 1. The quantitative estimate of drug-likeness (QED) is 0.705. The number of halogens is 1. The SMILES string of the molecule is NCC1(C(=O)Nc2ccc(O)c(Cl)c2)CC1. The fourth-order valence-electron chi connectivity index (χ4n) is 1.52. The maximum atomic E-state index is 11.8. The van der Waals surface area contributed by atoms with Gasteiger partial charge in [-0.15, -0.1) is 0 Å². The van der Waals surface area contributed by atoms with Gasteiger partial charge in [0.1, 0.15) is 5.75 Å². The average molecular weight is 241 g/mol. The van der Waals surface area contributed by atoms with Gasteiger partial charge >= 0.3 is 0 Å². The van der Waals surface area contributed by atoms with Crippen LogP contribution in [0.25, 0.3) is 0 Å². The van der Waals surface area contributed by atoms with Gasteiger partial charge in [0.15, 0.2) is 0 Å². The van der Waals surface area contributed by atoms with Crippen molar-refractivity contribution in [3.8, 4) is 5.75 Å². The van der Waals surface area contributed by atoms with Crippen LogP contribution in [-0.4, -0.2) is 17.6 Å². The summed E-state index contributed by atoms with van der Waals surface area (Å²) in [7, 11) is 0. The molecule has 1 aliphatic rings. The highest BCUT2D eigenvalue weighted by Gasteiger charge is 2.48. The highest BCUT2D eigenvalue weighted by molar-refractivity contribution is 6.32. The Morgan fingerprint density at radius 3 is 2.75 bits per heavy atom. The lowest BCUT2D eigenvalue weighted by Crippen LogP contribution is -2.30. The number of phenolic OH excluding ortho intramolecular Hbond substituents is 1. The molecule has 0 atom stereocenters. The number of amides is 1. The van der Waals surface area contributed by atoms with Crippen molar-refractivity contribution in [2.75, 3.05) is 11.9 Å². The third kappa shape index (κ3) is 1.99. The number of nitrogens with two attached hydrogens (primary N) is 1. The van der Waals surface area contributed by atoms with E-state index >= 15 is 0 Å². The summed E-state index contributed by atoms with van der Waals surface area (Å²) in [4.78, 5) is 11.8. The summed E-state index contributed by atoms with van der Waals surface area (Å²) in [6.45, 7) is 0.366. The molecule has 1 aromatic carbocycles. The Labute approximate surface area is 98.4 Å². The number of rotatable bonds is 3. The van der Waals surface area contributed by atoms with Crippen LogP contribution in [0.3, 0.4) is 0 Å². The second-order valence-corrected chi connectivity index (χ2v) is 4.51. The number of hydrogen-bond donors (Lipinski definition) is 3. The van der Waals surface area contributed by atoms with Crippen LogP contribution in [0.1, 0.15) is 12.8 Å². The second kappa shape index (κ2) is 3.96. The zero-order valence-corrected chi connectivity index (χ0v) is 9.42. The first kappa shape index (κ1) is 11.2. The smallest absolute Gasteiger partial charge is 0.231 e. The van der Waals surface area contributed by atoms with E-state index in [4.69, 9.17) is 17.3 Å². The van der Waals surface area contributed by atoms with Crippen LogP contribution in [0.5, 0.6) is 5.75 Å². The summed E-state index contributed by atoms with van der Waals surface area (Å²) < 4.78 is 0. The minimum Gasteiger partial charge on any atom is -0.506 e. The van der Waals surface area contributed by atoms with Crippen molar-refractivity contribution in [3.05, 3.63) is 23.2 Å². The zero-order chi connectivity index (χ0) is 11.8.